The topological polar surface area (TPSA) is 164 Å². The zero-order valence-corrected chi connectivity index (χ0v) is 27.6. The van der Waals surface area contributed by atoms with Gasteiger partial charge in [-0.2, -0.15) is 11.8 Å². The Balaban J connectivity index is 1.29. The van der Waals surface area contributed by atoms with Gasteiger partial charge in [0.1, 0.15) is 12.3 Å². The number of carbonyl (C=O) groups is 5. The summed E-state index contributed by atoms with van der Waals surface area (Å²) in [5.41, 5.74) is 0.904. The van der Waals surface area contributed by atoms with Gasteiger partial charge in [0.25, 0.3) is 0 Å². The third-order valence-corrected chi connectivity index (χ3v) is 9.70. The number of urea groups is 1. The fourth-order valence-corrected chi connectivity index (χ4v) is 7.14. The Morgan fingerprint density at radius 1 is 1.00 bits per heavy atom. The molecule has 0 unspecified atom stereocenters. The maximum absolute atomic E-state index is 13.0. The second-order valence-electron chi connectivity index (χ2n) is 11.9. The average molecular weight is 648 g/mol. The number of benzene rings is 1. The van der Waals surface area contributed by atoms with Crippen molar-refractivity contribution in [1.82, 2.24) is 26.6 Å². The number of thioether (sulfide) groups is 1. The van der Waals surface area contributed by atoms with Crippen molar-refractivity contribution >= 4 is 41.8 Å². The van der Waals surface area contributed by atoms with Crippen LogP contribution in [0.1, 0.15) is 70.8 Å². The number of unbranched alkanes of at least 4 members (excludes halogenated alkanes) is 2. The molecule has 0 saturated carbocycles. The maximum Gasteiger partial charge on any atom is 0.315 e. The highest BCUT2D eigenvalue weighted by atomic mass is 32.2. The number of ether oxygens (including phenoxy) is 2. The first kappa shape index (κ1) is 36.0. The third kappa shape index (κ3) is 11.4. The molecule has 2 aliphatic heterocycles. The van der Waals surface area contributed by atoms with Crippen molar-refractivity contribution in [3.63, 3.8) is 0 Å². The summed E-state index contributed by atoms with van der Waals surface area (Å²) in [6.45, 7) is 4.18. The van der Waals surface area contributed by atoms with Crippen molar-refractivity contribution in [1.29, 1.82) is 0 Å². The molecule has 5 amide bonds. The lowest BCUT2D eigenvalue weighted by atomic mass is 10.0. The summed E-state index contributed by atoms with van der Waals surface area (Å²) in [5.74, 6) is 1.30. The highest BCUT2D eigenvalue weighted by molar-refractivity contribution is 8.00. The summed E-state index contributed by atoms with van der Waals surface area (Å²) in [5, 5.41) is 14.8. The van der Waals surface area contributed by atoms with Gasteiger partial charge in [-0.1, -0.05) is 26.3 Å². The number of carbonyl (C=O) groups excluding carboxylic acids is 5. The first-order valence-electron chi connectivity index (χ1n) is 15.9. The minimum Gasteiger partial charge on any atom is -0.493 e. The Hall–Kier alpha value is -3.48. The smallest absolute Gasteiger partial charge is 0.315 e. The monoisotopic (exact) mass is 647 g/mol. The van der Waals surface area contributed by atoms with Gasteiger partial charge in [0.05, 0.1) is 32.3 Å². The van der Waals surface area contributed by atoms with Crippen molar-refractivity contribution in [2.75, 3.05) is 26.5 Å². The number of aldehydes is 1. The van der Waals surface area contributed by atoms with Gasteiger partial charge in [0.15, 0.2) is 11.5 Å². The summed E-state index contributed by atoms with van der Waals surface area (Å²) >= 11 is 1.88. The molecule has 2 fully saturated rings. The largest absolute Gasteiger partial charge is 0.493 e. The van der Waals surface area contributed by atoms with E-state index in [1.165, 1.54) is 0 Å². The summed E-state index contributed by atoms with van der Waals surface area (Å²) in [4.78, 5) is 61.1. The Morgan fingerprint density at radius 3 is 2.49 bits per heavy atom. The Morgan fingerprint density at radius 2 is 1.78 bits per heavy atom. The molecule has 0 bridgehead atoms. The molecule has 1 aromatic carbocycles. The van der Waals surface area contributed by atoms with Crippen LogP contribution < -0.4 is 36.1 Å². The van der Waals surface area contributed by atoms with Gasteiger partial charge in [0, 0.05) is 30.4 Å². The maximum atomic E-state index is 13.0. The number of fused-ring (bicyclic) bond motifs is 1. The molecule has 2 saturated heterocycles. The molecule has 0 aliphatic carbocycles. The van der Waals surface area contributed by atoms with E-state index in [4.69, 9.17) is 9.47 Å². The van der Waals surface area contributed by atoms with Gasteiger partial charge in [0.2, 0.25) is 17.7 Å². The lowest BCUT2D eigenvalue weighted by Crippen LogP contribution is -2.52. The molecular formula is C32H49N5O7S. The fraction of sp³-hybridized carbons (Fsp3) is 0.656. The SMILES string of the molecule is COc1ccc(CCC(=O)N[C@H](C(=O)N[C@H](C=O)CCCCNC(=O)CCCC[C@@H]2SC[C@@H]3NC(=O)N[C@@H]32)C(C)C)cc1OC. The van der Waals surface area contributed by atoms with E-state index in [-0.39, 0.29) is 42.3 Å². The summed E-state index contributed by atoms with van der Waals surface area (Å²) in [6.07, 6.45) is 6.29. The van der Waals surface area contributed by atoms with E-state index < -0.39 is 18.0 Å². The molecule has 2 heterocycles. The number of nitrogens with one attached hydrogen (secondary N) is 5. The summed E-state index contributed by atoms with van der Waals surface area (Å²) in [7, 11) is 3.11. The third-order valence-electron chi connectivity index (χ3n) is 8.19. The standard InChI is InChI=1S/C32H49N5O7S/c1-20(2)29(36-28(40)15-13-21-12-14-24(43-3)25(17-21)44-4)31(41)34-22(18-38)9-7-8-16-33-27(39)11-6-5-10-26-30-23(19-45-26)35-32(42)37-30/h12,14,17-18,20,22-23,26,29-30H,5-11,13,15-16,19H2,1-4H3,(H,33,39)(H,34,41)(H,36,40)(H2,35,37,42)/t22-,23-,26-,29-,30-/m0/s1. The van der Waals surface area contributed by atoms with Gasteiger partial charge in [-0.25, -0.2) is 4.79 Å². The number of methoxy groups -OCH3 is 2. The van der Waals surface area contributed by atoms with Gasteiger partial charge in [-0.05, 0) is 62.1 Å². The number of aryl methyl sites for hydroxylation is 1. The van der Waals surface area contributed by atoms with Gasteiger partial charge in [-0.3, -0.25) is 14.4 Å². The van der Waals surface area contributed by atoms with Crippen molar-refractivity contribution < 1.29 is 33.4 Å². The van der Waals surface area contributed by atoms with E-state index in [1.54, 1.807) is 20.3 Å². The molecule has 0 spiro atoms. The zero-order valence-electron chi connectivity index (χ0n) is 26.8. The van der Waals surface area contributed by atoms with Crippen LogP contribution in [-0.4, -0.2) is 86.0 Å². The number of rotatable bonds is 20. The van der Waals surface area contributed by atoms with Crippen LogP contribution in [-0.2, 0) is 25.6 Å². The molecule has 13 heteroatoms. The van der Waals surface area contributed by atoms with Crippen LogP contribution in [0.25, 0.3) is 0 Å². The highest BCUT2D eigenvalue weighted by Crippen LogP contribution is 2.33. The van der Waals surface area contributed by atoms with E-state index >= 15 is 0 Å². The van der Waals surface area contributed by atoms with Crippen LogP contribution in [0.4, 0.5) is 4.79 Å². The number of hydrogen-bond acceptors (Lipinski definition) is 8. The van der Waals surface area contributed by atoms with Crippen LogP contribution in [0, 0.1) is 5.92 Å². The number of amides is 5. The molecule has 2 aliphatic rings. The van der Waals surface area contributed by atoms with Crippen molar-refractivity contribution in [2.24, 2.45) is 5.92 Å². The van der Waals surface area contributed by atoms with E-state index in [1.807, 2.05) is 37.7 Å². The predicted molar refractivity (Wildman–Crippen MR) is 173 cm³/mol. The molecular weight excluding hydrogens is 598 g/mol. The van der Waals surface area contributed by atoms with Crippen molar-refractivity contribution in [3.05, 3.63) is 23.8 Å². The van der Waals surface area contributed by atoms with E-state index in [2.05, 4.69) is 26.6 Å². The predicted octanol–water partition coefficient (Wildman–Crippen LogP) is 2.47. The van der Waals surface area contributed by atoms with Crippen LogP contribution >= 0.6 is 11.8 Å². The van der Waals surface area contributed by atoms with Gasteiger partial charge in [-0.15, -0.1) is 0 Å². The summed E-state index contributed by atoms with van der Waals surface area (Å²) in [6, 6.07) is 4.34. The quantitative estimate of drug-likeness (QED) is 0.0819. The molecule has 45 heavy (non-hydrogen) atoms. The van der Waals surface area contributed by atoms with Crippen molar-refractivity contribution in [2.45, 2.75) is 101 Å². The average Bonchev–Trinajstić information content (AvgIpc) is 3.58. The van der Waals surface area contributed by atoms with Gasteiger partial charge < -0.3 is 40.9 Å². The van der Waals surface area contributed by atoms with Crippen LogP contribution in [0.2, 0.25) is 0 Å². The molecule has 0 radical (unpaired) electrons. The molecule has 5 atom stereocenters. The van der Waals surface area contributed by atoms with Crippen LogP contribution in [0.15, 0.2) is 18.2 Å². The minimum atomic E-state index is -0.771. The van der Waals surface area contributed by atoms with Gasteiger partial charge >= 0.3 is 6.03 Å². The normalized spacial score (nSPS) is 19.9. The first-order chi connectivity index (χ1) is 21.6. The lowest BCUT2D eigenvalue weighted by molar-refractivity contribution is -0.131. The second-order valence-corrected chi connectivity index (χ2v) is 13.2. The van der Waals surface area contributed by atoms with Crippen LogP contribution in [0.5, 0.6) is 11.5 Å². The van der Waals surface area contributed by atoms with E-state index in [9.17, 15) is 24.0 Å². The Kier molecular flexibility index (Phi) is 14.8. The first-order valence-corrected chi connectivity index (χ1v) is 16.9. The highest BCUT2D eigenvalue weighted by Gasteiger charge is 2.42. The summed E-state index contributed by atoms with van der Waals surface area (Å²) < 4.78 is 10.6. The molecule has 5 N–H and O–H groups in total. The lowest BCUT2D eigenvalue weighted by Gasteiger charge is -2.23. The molecule has 1 aromatic rings. The Bertz CT molecular complexity index is 1170. The van der Waals surface area contributed by atoms with E-state index in [0.29, 0.717) is 61.7 Å². The van der Waals surface area contributed by atoms with Crippen molar-refractivity contribution in [3.8, 4) is 11.5 Å². The molecule has 250 valence electrons. The van der Waals surface area contributed by atoms with E-state index in [0.717, 1.165) is 30.6 Å². The fourth-order valence-electron chi connectivity index (χ4n) is 5.60. The van der Waals surface area contributed by atoms with Crippen LogP contribution in [0.3, 0.4) is 0 Å². The number of hydrogen-bond donors (Lipinski definition) is 5. The zero-order chi connectivity index (χ0) is 32.8. The second kappa shape index (κ2) is 18.5. The molecule has 0 aromatic heterocycles. The molecule has 3 rings (SSSR count). The molecule has 12 nitrogen and oxygen atoms in total. The Labute approximate surface area is 270 Å². The minimum absolute atomic E-state index is 0.00433.